The first-order valence-corrected chi connectivity index (χ1v) is 11.2. The van der Waals surface area contributed by atoms with Crippen LogP contribution in [0.25, 0.3) is 11.5 Å². The largest absolute Gasteiger partial charge is 0.497 e. The van der Waals surface area contributed by atoms with E-state index in [1.807, 2.05) is 0 Å². The Morgan fingerprint density at radius 3 is 2.16 bits per heavy atom. The number of ether oxygens (including phenoxy) is 3. The Morgan fingerprint density at radius 1 is 0.938 bits per heavy atom. The van der Waals surface area contributed by atoms with Crippen LogP contribution in [0, 0.1) is 0 Å². The molecule has 10 nitrogen and oxygen atoms in total. The van der Waals surface area contributed by atoms with Crippen molar-refractivity contribution < 1.29 is 31.8 Å². The number of benzene rings is 2. The third kappa shape index (κ3) is 5.76. The van der Waals surface area contributed by atoms with Crippen LogP contribution >= 0.6 is 0 Å². The minimum atomic E-state index is -3.51. The number of rotatable bonds is 10. The lowest BCUT2D eigenvalue weighted by Crippen LogP contribution is -2.14. The molecule has 32 heavy (non-hydrogen) atoms. The molecule has 0 bridgehead atoms. The predicted octanol–water partition coefficient (Wildman–Crippen LogP) is 2.96. The number of sulfone groups is 1. The van der Waals surface area contributed by atoms with E-state index in [1.165, 1.54) is 33.5 Å². The van der Waals surface area contributed by atoms with Crippen molar-refractivity contribution in [2.24, 2.45) is 0 Å². The standard InChI is InChI=1S/C21H23N3O7S/c1-28-15-6-8-18(9-7-15)32(26,27)10-4-5-19(25)22-21-24-23-20(31-21)14-11-16(29-2)13-17(12-14)30-3/h6-9,11-13H,4-5,10H2,1-3H3,(H,22,24,25). The predicted molar refractivity (Wildman–Crippen MR) is 116 cm³/mol. The summed E-state index contributed by atoms with van der Waals surface area (Å²) < 4.78 is 45.7. The molecule has 1 aromatic heterocycles. The Morgan fingerprint density at radius 2 is 1.56 bits per heavy atom. The van der Waals surface area contributed by atoms with E-state index >= 15 is 0 Å². The average Bonchev–Trinajstić information content (AvgIpc) is 3.27. The number of methoxy groups -OCH3 is 3. The summed E-state index contributed by atoms with van der Waals surface area (Å²) in [5, 5.41) is 10.2. The summed E-state index contributed by atoms with van der Waals surface area (Å²) in [5.41, 5.74) is 0.555. The normalized spacial score (nSPS) is 11.1. The van der Waals surface area contributed by atoms with Gasteiger partial charge in [0.2, 0.25) is 11.8 Å². The molecule has 11 heteroatoms. The number of nitrogens with zero attached hydrogens (tertiary/aromatic N) is 2. The van der Waals surface area contributed by atoms with Gasteiger partial charge < -0.3 is 18.6 Å². The molecule has 0 aliphatic rings. The number of carbonyl (C=O) groups is 1. The number of aromatic nitrogens is 2. The first kappa shape index (κ1) is 23.1. The molecular formula is C21H23N3O7S. The van der Waals surface area contributed by atoms with Crippen LogP contribution in [0.3, 0.4) is 0 Å². The Hall–Kier alpha value is -3.60. The second kappa shape index (κ2) is 10.1. The average molecular weight is 461 g/mol. The highest BCUT2D eigenvalue weighted by Crippen LogP contribution is 2.29. The SMILES string of the molecule is COc1ccc(S(=O)(=O)CCCC(=O)Nc2nnc(-c3cc(OC)cc(OC)c3)o2)cc1. The van der Waals surface area contributed by atoms with E-state index in [-0.39, 0.29) is 35.4 Å². The summed E-state index contributed by atoms with van der Waals surface area (Å²) in [5.74, 6) is 1.20. The number of nitrogens with one attached hydrogen (secondary N) is 1. The number of anilines is 1. The molecule has 170 valence electrons. The minimum Gasteiger partial charge on any atom is -0.497 e. The van der Waals surface area contributed by atoms with Gasteiger partial charge in [0.25, 0.3) is 0 Å². The molecule has 0 aliphatic heterocycles. The molecule has 1 N–H and O–H groups in total. The summed E-state index contributed by atoms with van der Waals surface area (Å²) in [6.07, 6.45) is 0.106. The molecule has 2 aromatic carbocycles. The number of hydrogen-bond acceptors (Lipinski definition) is 9. The topological polar surface area (TPSA) is 130 Å². The lowest BCUT2D eigenvalue weighted by atomic mass is 10.2. The fourth-order valence-electron chi connectivity index (χ4n) is 2.83. The van der Waals surface area contributed by atoms with Gasteiger partial charge in [0, 0.05) is 18.1 Å². The molecule has 0 unspecified atom stereocenters. The quantitative estimate of drug-likeness (QED) is 0.484. The molecule has 0 radical (unpaired) electrons. The van der Waals surface area contributed by atoms with E-state index in [0.717, 1.165) is 0 Å². The maximum absolute atomic E-state index is 12.4. The zero-order valence-corrected chi connectivity index (χ0v) is 18.6. The van der Waals surface area contributed by atoms with Crippen LogP contribution in [-0.4, -0.2) is 51.6 Å². The molecule has 0 fully saturated rings. The van der Waals surface area contributed by atoms with Crippen LogP contribution in [0.2, 0.25) is 0 Å². The van der Waals surface area contributed by atoms with Gasteiger partial charge in [-0.2, -0.15) is 0 Å². The van der Waals surface area contributed by atoms with Crippen molar-refractivity contribution in [1.82, 2.24) is 10.2 Å². The van der Waals surface area contributed by atoms with Gasteiger partial charge in [-0.1, -0.05) is 5.10 Å². The first-order chi connectivity index (χ1) is 15.3. The second-order valence-electron chi connectivity index (χ2n) is 6.66. The second-order valence-corrected chi connectivity index (χ2v) is 8.77. The van der Waals surface area contributed by atoms with E-state index in [9.17, 15) is 13.2 Å². The summed E-state index contributed by atoms with van der Waals surface area (Å²) in [4.78, 5) is 12.3. The summed E-state index contributed by atoms with van der Waals surface area (Å²) in [6.45, 7) is 0. The van der Waals surface area contributed by atoms with Crippen molar-refractivity contribution in [1.29, 1.82) is 0 Å². The van der Waals surface area contributed by atoms with Gasteiger partial charge >= 0.3 is 6.01 Å². The maximum Gasteiger partial charge on any atom is 0.322 e. The monoisotopic (exact) mass is 461 g/mol. The Labute approximate surface area is 185 Å². The Balaban J connectivity index is 1.56. The zero-order chi connectivity index (χ0) is 23.1. The van der Waals surface area contributed by atoms with Crippen LogP contribution in [0.15, 0.2) is 51.8 Å². The van der Waals surface area contributed by atoms with Crippen LogP contribution in [0.5, 0.6) is 17.2 Å². The smallest absolute Gasteiger partial charge is 0.322 e. The van der Waals surface area contributed by atoms with Crippen LogP contribution in [-0.2, 0) is 14.6 Å². The van der Waals surface area contributed by atoms with Gasteiger partial charge in [-0.3, -0.25) is 10.1 Å². The summed E-state index contributed by atoms with van der Waals surface area (Å²) in [6, 6.07) is 11.1. The van der Waals surface area contributed by atoms with Crippen molar-refractivity contribution in [3.8, 4) is 28.7 Å². The first-order valence-electron chi connectivity index (χ1n) is 9.58. The van der Waals surface area contributed by atoms with Crippen molar-refractivity contribution in [2.75, 3.05) is 32.4 Å². The van der Waals surface area contributed by atoms with Crippen molar-refractivity contribution >= 4 is 21.8 Å². The lowest BCUT2D eigenvalue weighted by molar-refractivity contribution is -0.116. The van der Waals surface area contributed by atoms with E-state index in [1.54, 1.807) is 30.3 Å². The summed E-state index contributed by atoms with van der Waals surface area (Å²) >= 11 is 0. The molecule has 0 aliphatic carbocycles. The van der Waals surface area contributed by atoms with Gasteiger partial charge in [-0.15, -0.1) is 5.10 Å². The minimum absolute atomic E-state index is 0.0277. The third-order valence-corrected chi connectivity index (χ3v) is 6.32. The van der Waals surface area contributed by atoms with Gasteiger partial charge in [0.05, 0.1) is 32.0 Å². The number of carbonyl (C=O) groups excluding carboxylic acids is 1. The molecule has 0 atom stereocenters. The van der Waals surface area contributed by atoms with Crippen molar-refractivity contribution in [3.05, 3.63) is 42.5 Å². The Kier molecular flexibility index (Phi) is 7.31. The van der Waals surface area contributed by atoms with Crippen LogP contribution in [0.1, 0.15) is 12.8 Å². The van der Waals surface area contributed by atoms with E-state index in [0.29, 0.717) is 22.8 Å². The van der Waals surface area contributed by atoms with Crippen LogP contribution < -0.4 is 19.5 Å². The molecule has 1 heterocycles. The highest BCUT2D eigenvalue weighted by Gasteiger charge is 2.17. The van der Waals surface area contributed by atoms with Gasteiger partial charge in [0.1, 0.15) is 17.2 Å². The highest BCUT2D eigenvalue weighted by molar-refractivity contribution is 7.91. The zero-order valence-electron chi connectivity index (χ0n) is 17.8. The van der Waals surface area contributed by atoms with E-state index < -0.39 is 15.7 Å². The number of hydrogen-bond donors (Lipinski definition) is 1. The maximum atomic E-state index is 12.4. The fourth-order valence-corrected chi connectivity index (χ4v) is 4.14. The van der Waals surface area contributed by atoms with Crippen LogP contribution in [0.4, 0.5) is 6.01 Å². The number of amides is 1. The molecule has 3 rings (SSSR count). The van der Waals surface area contributed by atoms with Gasteiger partial charge in [-0.25, -0.2) is 8.42 Å². The molecule has 3 aromatic rings. The highest BCUT2D eigenvalue weighted by atomic mass is 32.2. The van der Waals surface area contributed by atoms with Crippen molar-refractivity contribution in [2.45, 2.75) is 17.7 Å². The fraction of sp³-hybridized carbons (Fsp3) is 0.286. The lowest BCUT2D eigenvalue weighted by Gasteiger charge is -2.06. The molecular weight excluding hydrogens is 438 g/mol. The van der Waals surface area contributed by atoms with Crippen molar-refractivity contribution in [3.63, 3.8) is 0 Å². The van der Waals surface area contributed by atoms with Gasteiger partial charge in [-0.05, 0) is 42.8 Å². The molecule has 1 amide bonds. The Bertz CT molecular complexity index is 1150. The molecule has 0 saturated carbocycles. The van der Waals surface area contributed by atoms with E-state index in [2.05, 4.69) is 15.5 Å². The molecule has 0 saturated heterocycles. The van der Waals surface area contributed by atoms with Gasteiger partial charge in [0.15, 0.2) is 9.84 Å². The molecule has 0 spiro atoms. The van der Waals surface area contributed by atoms with E-state index in [4.69, 9.17) is 18.6 Å². The third-order valence-electron chi connectivity index (χ3n) is 4.51. The summed E-state index contributed by atoms with van der Waals surface area (Å²) in [7, 11) is 1.03.